The van der Waals surface area contributed by atoms with Crippen molar-refractivity contribution in [2.24, 2.45) is 0 Å². The van der Waals surface area contributed by atoms with Gasteiger partial charge >= 0.3 is 5.97 Å². The lowest BCUT2D eigenvalue weighted by Crippen LogP contribution is -2.09. The third-order valence-corrected chi connectivity index (χ3v) is 2.16. The van der Waals surface area contributed by atoms with Crippen molar-refractivity contribution in [3.63, 3.8) is 0 Å². The molecule has 0 fully saturated rings. The molecule has 0 aliphatic carbocycles. The predicted octanol–water partition coefficient (Wildman–Crippen LogP) is 1.75. The zero-order chi connectivity index (χ0) is 13.1. The number of carboxylic acid groups (broad SMARTS) is 1. The molecule has 0 atom stereocenters. The van der Waals surface area contributed by atoms with Crippen molar-refractivity contribution in [3.8, 4) is 11.6 Å². The van der Waals surface area contributed by atoms with Crippen molar-refractivity contribution in [2.75, 3.05) is 0 Å². The second-order valence-electron chi connectivity index (χ2n) is 3.97. The van der Waals surface area contributed by atoms with Gasteiger partial charge in [-0.3, -0.25) is 0 Å². The molecule has 0 saturated heterocycles. The fourth-order valence-corrected chi connectivity index (χ4v) is 1.45. The molecule has 0 aliphatic heterocycles. The van der Waals surface area contributed by atoms with E-state index in [0.717, 1.165) is 0 Å². The monoisotopic (exact) mass is 247 g/mol. The van der Waals surface area contributed by atoms with Crippen LogP contribution in [0.1, 0.15) is 24.2 Å². The summed E-state index contributed by atoms with van der Waals surface area (Å²) in [6, 6.07) is 3.52. The minimum absolute atomic E-state index is 0.00227. The van der Waals surface area contributed by atoms with Gasteiger partial charge in [-0.1, -0.05) is 0 Å². The highest BCUT2D eigenvalue weighted by molar-refractivity contribution is 5.86. The summed E-state index contributed by atoms with van der Waals surface area (Å²) in [5, 5.41) is 12.8. The maximum atomic E-state index is 10.8. The number of carbonyl (C=O) groups is 1. The van der Waals surface area contributed by atoms with E-state index in [1.807, 2.05) is 13.8 Å². The quantitative estimate of drug-likeness (QED) is 0.890. The average molecular weight is 247 g/mol. The summed E-state index contributed by atoms with van der Waals surface area (Å²) in [4.78, 5) is 15.0. The lowest BCUT2D eigenvalue weighted by atomic mass is 10.3. The molecule has 0 bridgehead atoms. The van der Waals surface area contributed by atoms with Crippen LogP contribution in [0.15, 0.2) is 30.7 Å². The Kier molecular flexibility index (Phi) is 3.27. The Morgan fingerprint density at radius 1 is 1.50 bits per heavy atom. The average Bonchev–Trinajstić information content (AvgIpc) is 2.78. The number of carboxylic acids is 1. The number of nitrogens with zero attached hydrogens (tertiary/aromatic N) is 3. The second-order valence-corrected chi connectivity index (χ2v) is 3.97. The molecule has 18 heavy (non-hydrogen) atoms. The van der Waals surface area contributed by atoms with Gasteiger partial charge in [-0.15, -0.1) is 0 Å². The van der Waals surface area contributed by atoms with E-state index in [4.69, 9.17) is 9.84 Å². The highest BCUT2D eigenvalue weighted by Gasteiger charge is 2.12. The van der Waals surface area contributed by atoms with Gasteiger partial charge in [0.05, 0.1) is 17.9 Å². The van der Waals surface area contributed by atoms with Crippen molar-refractivity contribution >= 4 is 5.97 Å². The second kappa shape index (κ2) is 4.87. The zero-order valence-corrected chi connectivity index (χ0v) is 10.1. The minimum Gasteiger partial charge on any atom is -0.487 e. The molecule has 0 saturated carbocycles. The predicted molar refractivity (Wildman–Crippen MR) is 64.1 cm³/mol. The molecule has 0 unspecified atom stereocenters. The lowest BCUT2D eigenvalue weighted by molar-refractivity contribution is 0.0697. The smallest absolute Gasteiger partial charge is 0.338 e. The van der Waals surface area contributed by atoms with Crippen molar-refractivity contribution < 1.29 is 14.6 Å². The Morgan fingerprint density at radius 2 is 2.28 bits per heavy atom. The fourth-order valence-electron chi connectivity index (χ4n) is 1.45. The highest BCUT2D eigenvalue weighted by Crippen LogP contribution is 2.20. The molecule has 1 N–H and O–H groups in total. The number of pyridine rings is 1. The summed E-state index contributed by atoms with van der Waals surface area (Å²) in [7, 11) is 0. The van der Waals surface area contributed by atoms with E-state index in [1.54, 1.807) is 18.3 Å². The van der Waals surface area contributed by atoms with Gasteiger partial charge in [0.25, 0.3) is 0 Å². The molecule has 2 heterocycles. The molecule has 2 rings (SSSR count). The molecule has 6 heteroatoms. The molecule has 0 radical (unpaired) electrons. The maximum absolute atomic E-state index is 10.8. The Morgan fingerprint density at radius 3 is 2.89 bits per heavy atom. The summed E-state index contributed by atoms with van der Waals surface area (Å²) < 4.78 is 6.99. The van der Waals surface area contributed by atoms with Gasteiger partial charge in [-0.25, -0.2) is 14.5 Å². The van der Waals surface area contributed by atoms with Gasteiger partial charge in [0.2, 0.25) is 0 Å². The Balaban J connectivity index is 2.39. The van der Waals surface area contributed by atoms with Crippen molar-refractivity contribution in [1.82, 2.24) is 14.8 Å². The number of aromatic carboxylic acids is 1. The Labute approximate surface area is 104 Å². The third-order valence-electron chi connectivity index (χ3n) is 2.16. The van der Waals surface area contributed by atoms with Crippen LogP contribution >= 0.6 is 0 Å². The molecule has 0 aliphatic rings. The van der Waals surface area contributed by atoms with Crippen LogP contribution in [0.5, 0.6) is 5.75 Å². The van der Waals surface area contributed by atoms with Gasteiger partial charge in [0.1, 0.15) is 0 Å². The topological polar surface area (TPSA) is 77.2 Å². The van der Waals surface area contributed by atoms with Gasteiger partial charge in [-0.2, -0.15) is 5.10 Å². The molecule has 0 spiro atoms. The van der Waals surface area contributed by atoms with Crippen LogP contribution in [-0.4, -0.2) is 31.9 Å². The summed E-state index contributed by atoms with van der Waals surface area (Å²) in [5.74, 6) is 0.00903. The van der Waals surface area contributed by atoms with Crippen LogP contribution < -0.4 is 4.74 Å². The van der Waals surface area contributed by atoms with Crippen LogP contribution in [0.4, 0.5) is 0 Å². The van der Waals surface area contributed by atoms with Crippen LogP contribution in [0.3, 0.4) is 0 Å². The first-order valence-electron chi connectivity index (χ1n) is 5.48. The summed E-state index contributed by atoms with van der Waals surface area (Å²) in [5.41, 5.74) is 0.108. The minimum atomic E-state index is -1.02. The largest absolute Gasteiger partial charge is 0.487 e. The molecular formula is C12H13N3O3. The van der Waals surface area contributed by atoms with Gasteiger partial charge in [0.15, 0.2) is 11.6 Å². The number of hydrogen-bond donors (Lipinski definition) is 1. The van der Waals surface area contributed by atoms with Crippen LogP contribution in [0.25, 0.3) is 5.82 Å². The van der Waals surface area contributed by atoms with E-state index in [2.05, 4.69) is 10.1 Å². The highest BCUT2D eigenvalue weighted by atomic mass is 16.5. The number of hydrogen-bond acceptors (Lipinski definition) is 4. The third kappa shape index (κ3) is 2.48. The number of aromatic nitrogens is 3. The first-order valence-corrected chi connectivity index (χ1v) is 5.48. The summed E-state index contributed by atoms with van der Waals surface area (Å²) in [6.07, 6.45) is 4.28. The van der Waals surface area contributed by atoms with Crippen LogP contribution in [0.2, 0.25) is 0 Å². The summed E-state index contributed by atoms with van der Waals surface area (Å²) in [6.45, 7) is 3.81. The van der Waals surface area contributed by atoms with Crippen molar-refractivity contribution in [1.29, 1.82) is 0 Å². The maximum Gasteiger partial charge on any atom is 0.338 e. The fraction of sp³-hybridized carbons (Fsp3) is 0.250. The van der Waals surface area contributed by atoms with E-state index in [9.17, 15) is 4.79 Å². The number of ether oxygens (including phenoxy) is 1. The van der Waals surface area contributed by atoms with Gasteiger partial charge < -0.3 is 9.84 Å². The van der Waals surface area contributed by atoms with E-state index in [1.165, 1.54) is 17.1 Å². The molecule has 6 nitrogen and oxygen atoms in total. The molecule has 94 valence electrons. The van der Waals surface area contributed by atoms with Crippen molar-refractivity contribution in [3.05, 3.63) is 36.3 Å². The standard InChI is InChI=1S/C12H13N3O3/c1-8(2)18-10-4-3-5-13-11(10)15-7-9(6-14-15)12(16)17/h3-8H,1-2H3,(H,16,17). The molecule has 2 aromatic rings. The van der Waals surface area contributed by atoms with Gasteiger partial charge in [-0.05, 0) is 26.0 Å². The van der Waals surface area contributed by atoms with Crippen LogP contribution in [-0.2, 0) is 0 Å². The molecule has 0 amide bonds. The van der Waals surface area contributed by atoms with E-state index >= 15 is 0 Å². The van der Waals surface area contributed by atoms with Crippen molar-refractivity contribution in [2.45, 2.75) is 20.0 Å². The molecular weight excluding hydrogens is 234 g/mol. The Bertz CT molecular complexity index is 563. The Hall–Kier alpha value is -2.37. The zero-order valence-electron chi connectivity index (χ0n) is 10.1. The number of rotatable bonds is 4. The summed E-state index contributed by atoms with van der Waals surface area (Å²) >= 11 is 0. The van der Waals surface area contributed by atoms with Gasteiger partial charge in [0, 0.05) is 12.4 Å². The first-order chi connectivity index (χ1) is 8.58. The first kappa shape index (κ1) is 12.1. The SMILES string of the molecule is CC(C)Oc1cccnc1-n1cc(C(=O)O)cn1. The van der Waals surface area contributed by atoms with E-state index in [0.29, 0.717) is 11.6 Å². The normalized spacial score (nSPS) is 10.6. The lowest BCUT2D eigenvalue weighted by Gasteiger charge is -2.12. The molecule has 2 aromatic heterocycles. The van der Waals surface area contributed by atoms with Crippen LogP contribution in [0, 0.1) is 0 Å². The van der Waals surface area contributed by atoms with E-state index < -0.39 is 5.97 Å². The molecule has 0 aromatic carbocycles. The van der Waals surface area contributed by atoms with E-state index in [-0.39, 0.29) is 11.7 Å².